The molecule has 0 amide bonds. The molecule has 4 heteroatoms. The lowest BCUT2D eigenvalue weighted by atomic mass is 10.1. The van der Waals surface area contributed by atoms with E-state index in [-0.39, 0.29) is 6.10 Å². The number of aromatic nitrogens is 1. The number of rotatable bonds is 6. The van der Waals surface area contributed by atoms with Crippen LogP contribution in [0.1, 0.15) is 30.7 Å². The predicted octanol–water partition coefficient (Wildman–Crippen LogP) is 3.30. The van der Waals surface area contributed by atoms with Crippen molar-refractivity contribution in [2.24, 2.45) is 0 Å². The van der Waals surface area contributed by atoms with Crippen LogP contribution in [0, 0.1) is 13.8 Å². The minimum atomic E-state index is 0.262. The van der Waals surface area contributed by atoms with Crippen molar-refractivity contribution in [3.8, 4) is 0 Å². The number of likely N-dealkylation sites (N-methyl/N-ethyl adjacent to an activating group) is 1. The molecule has 0 radical (unpaired) electrons. The normalized spacial score (nSPS) is 11.1. The SMILES string of the molecule is Cc1cc(C)c(CCl)c(N(C)CCOC(C)C)n1. The zero-order valence-electron chi connectivity index (χ0n) is 12.0. The van der Waals surface area contributed by atoms with Gasteiger partial charge >= 0.3 is 0 Å². The smallest absolute Gasteiger partial charge is 0.133 e. The number of alkyl halides is 1. The third-order valence-corrected chi connectivity index (χ3v) is 3.09. The molecule has 0 saturated carbocycles. The zero-order valence-corrected chi connectivity index (χ0v) is 12.7. The van der Waals surface area contributed by atoms with Gasteiger partial charge in [0.1, 0.15) is 5.82 Å². The Morgan fingerprint density at radius 1 is 1.39 bits per heavy atom. The average Bonchev–Trinajstić information content (AvgIpc) is 2.27. The van der Waals surface area contributed by atoms with Gasteiger partial charge in [-0.05, 0) is 39.3 Å². The summed E-state index contributed by atoms with van der Waals surface area (Å²) in [6.45, 7) is 9.68. The fraction of sp³-hybridized carbons (Fsp3) is 0.643. The van der Waals surface area contributed by atoms with Crippen LogP contribution in [-0.4, -0.2) is 31.3 Å². The maximum absolute atomic E-state index is 6.02. The predicted molar refractivity (Wildman–Crippen MR) is 77.6 cm³/mol. The zero-order chi connectivity index (χ0) is 13.7. The highest BCUT2D eigenvalue weighted by Crippen LogP contribution is 2.23. The van der Waals surface area contributed by atoms with E-state index in [9.17, 15) is 0 Å². The number of anilines is 1. The summed E-state index contributed by atoms with van der Waals surface area (Å²) in [6, 6.07) is 2.07. The average molecular weight is 271 g/mol. The molecular formula is C14H23ClN2O. The summed E-state index contributed by atoms with van der Waals surface area (Å²) >= 11 is 6.02. The molecule has 0 aromatic carbocycles. The van der Waals surface area contributed by atoms with Crippen LogP contribution < -0.4 is 4.90 Å². The minimum absolute atomic E-state index is 0.262. The minimum Gasteiger partial charge on any atom is -0.377 e. The van der Waals surface area contributed by atoms with E-state index < -0.39 is 0 Å². The molecule has 0 aliphatic rings. The van der Waals surface area contributed by atoms with Crippen molar-refractivity contribution in [3.63, 3.8) is 0 Å². The summed E-state index contributed by atoms with van der Waals surface area (Å²) in [7, 11) is 2.03. The second-order valence-electron chi connectivity index (χ2n) is 4.86. The molecule has 102 valence electrons. The van der Waals surface area contributed by atoms with Crippen molar-refractivity contribution in [3.05, 3.63) is 22.9 Å². The largest absolute Gasteiger partial charge is 0.377 e. The van der Waals surface area contributed by atoms with E-state index >= 15 is 0 Å². The fourth-order valence-corrected chi connectivity index (χ4v) is 2.19. The monoisotopic (exact) mass is 270 g/mol. The van der Waals surface area contributed by atoms with E-state index in [1.165, 1.54) is 5.56 Å². The van der Waals surface area contributed by atoms with Gasteiger partial charge < -0.3 is 9.64 Å². The fourth-order valence-electron chi connectivity index (χ4n) is 1.86. The Balaban J connectivity index is 2.80. The molecule has 0 atom stereocenters. The van der Waals surface area contributed by atoms with Crippen LogP contribution in [0.15, 0.2) is 6.07 Å². The standard InChI is InChI=1S/C14H23ClN2O/c1-10(2)18-7-6-17(5)14-13(9-15)11(3)8-12(4)16-14/h8,10H,6-7,9H2,1-5H3. The van der Waals surface area contributed by atoms with Crippen molar-refractivity contribution in [2.45, 2.75) is 39.7 Å². The number of ether oxygens (including phenoxy) is 1. The lowest BCUT2D eigenvalue weighted by molar-refractivity contribution is 0.0845. The van der Waals surface area contributed by atoms with Gasteiger partial charge in [0.15, 0.2) is 0 Å². The van der Waals surface area contributed by atoms with Crippen molar-refractivity contribution in [1.29, 1.82) is 0 Å². The van der Waals surface area contributed by atoms with Gasteiger partial charge in [-0.1, -0.05) is 0 Å². The number of halogens is 1. The van der Waals surface area contributed by atoms with Crippen molar-refractivity contribution < 1.29 is 4.74 Å². The maximum atomic E-state index is 6.02. The molecule has 1 aromatic heterocycles. The first-order chi connectivity index (χ1) is 8.45. The lowest BCUT2D eigenvalue weighted by Crippen LogP contribution is -2.26. The van der Waals surface area contributed by atoms with E-state index in [2.05, 4.69) is 22.9 Å². The summed E-state index contributed by atoms with van der Waals surface area (Å²) in [5.74, 6) is 1.46. The van der Waals surface area contributed by atoms with Gasteiger partial charge in [0.2, 0.25) is 0 Å². The number of nitrogens with zero attached hydrogens (tertiary/aromatic N) is 2. The van der Waals surface area contributed by atoms with Gasteiger partial charge in [-0.25, -0.2) is 4.98 Å². The highest BCUT2D eigenvalue weighted by atomic mass is 35.5. The van der Waals surface area contributed by atoms with Gasteiger partial charge in [0.05, 0.1) is 18.6 Å². The van der Waals surface area contributed by atoms with Crippen LogP contribution in [0.2, 0.25) is 0 Å². The summed E-state index contributed by atoms with van der Waals surface area (Å²) in [5.41, 5.74) is 3.33. The van der Waals surface area contributed by atoms with Gasteiger partial charge in [0, 0.05) is 24.8 Å². The molecule has 1 aromatic rings. The van der Waals surface area contributed by atoms with Gasteiger partial charge in [-0.3, -0.25) is 0 Å². The first kappa shape index (κ1) is 15.3. The molecule has 0 spiro atoms. The summed E-state index contributed by atoms with van der Waals surface area (Å²) in [4.78, 5) is 6.70. The number of aryl methyl sites for hydroxylation is 2. The molecular weight excluding hydrogens is 248 g/mol. The van der Waals surface area contributed by atoms with Crippen molar-refractivity contribution in [2.75, 3.05) is 25.1 Å². The van der Waals surface area contributed by atoms with E-state index in [0.717, 1.165) is 23.6 Å². The molecule has 1 rings (SSSR count). The van der Waals surface area contributed by atoms with Crippen LogP contribution in [-0.2, 0) is 10.6 Å². The number of pyridine rings is 1. The van der Waals surface area contributed by atoms with Gasteiger partial charge in [0.25, 0.3) is 0 Å². The topological polar surface area (TPSA) is 25.4 Å². The van der Waals surface area contributed by atoms with Crippen molar-refractivity contribution >= 4 is 17.4 Å². The second-order valence-corrected chi connectivity index (χ2v) is 5.12. The molecule has 1 heterocycles. The lowest BCUT2D eigenvalue weighted by Gasteiger charge is -2.23. The molecule has 0 unspecified atom stereocenters. The number of hydrogen-bond acceptors (Lipinski definition) is 3. The van der Waals surface area contributed by atoms with Gasteiger partial charge in [-0.2, -0.15) is 0 Å². The molecule has 18 heavy (non-hydrogen) atoms. The quantitative estimate of drug-likeness (QED) is 0.742. The molecule has 0 fully saturated rings. The molecule has 0 aliphatic heterocycles. The molecule has 0 N–H and O–H groups in total. The van der Waals surface area contributed by atoms with Crippen LogP contribution in [0.5, 0.6) is 0 Å². The first-order valence-corrected chi connectivity index (χ1v) is 6.85. The first-order valence-electron chi connectivity index (χ1n) is 6.31. The third kappa shape index (κ3) is 4.14. The summed E-state index contributed by atoms with van der Waals surface area (Å²) < 4.78 is 5.57. The van der Waals surface area contributed by atoms with Crippen LogP contribution >= 0.6 is 11.6 Å². The molecule has 3 nitrogen and oxygen atoms in total. The Hall–Kier alpha value is -0.800. The van der Waals surface area contributed by atoms with Crippen molar-refractivity contribution in [1.82, 2.24) is 4.98 Å². The third-order valence-electron chi connectivity index (χ3n) is 2.83. The highest BCUT2D eigenvalue weighted by molar-refractivity contribution is 6.17. The summed E-state index contributed by atoms with van der Waals surface area (Å²) in [5, 5.41) is 0. The second kappa shape index (κ2) is 6.95. The van der Waals surface area contributed by atoms with E-state index in [1.807, 2.05) is 27.8 Å². The Morgan fingerprint density at radius 3 is 2.61 bits per heavy atom. The Labute approximate surface area is 115 Å². The Morgan fingerprint density at radius 2 is 2.06 bits per heavy atom. The molecule has 0 saturated heterocycles. The summed E-state index contributed by atoms with van der Waals surface area (Å²) in [6.07, 6.45) is 0.262. The molecule has 0 aliphatic carbocycles. The number of hydrogen-bond donors (Lipinski definition) is 0. The van der Waals surface area contributed by atoms with E-state index in [1.54, 1.807) is 0 Å². The molecule has 0 bridgehead atoms. The van der Waals surface area contributed by atoms with E-state index in [4.69, 9.17) is 16.3 Å². The Bertz CT molecular complexity index is 394. The highest BCUT2D eigenvalue weighted by Gasteiger charge is 2.12. The Kier molecular flexibility index (Phi) is 5.89. The van der Waals surface area contributed by atoms with Crippen LogP contribution in [0.4, 0.5) is 5.82 Å². The van der Waals surface area contributed by atoms with Gasteiger partial charge in [-0.15, -0.1) is 11.6 Å². The van der Waals surface area contributed by atoms with Crippen LogP contribution in [0.3, 0.4) is 0 Å². The van der Waals surface area contributed by atoms with Crippen LogP contribution in [0.25, 0.3) is 0 Å². The maximum Gasteiger partial charge on any atom is 0.133 e. The van der Waals surface area contributed by atoms with E-state index in [0.29, 0.717) is 12.5 Å².